The van der Waals surface area contributed by atoms with Crippen molar-refractivity contribution in [3.05, 3.63) is 66.2 Å². The number of nitriles is 1. The minimum absolute atomic E-state index is 0.387. The van der Waals surface area contributed by atoms with Gasteiger partial charge >= 0.3 is 0 Å². The van der Waals surface area contributed by atoms with Crippen LogP contribution in [0.1, 0.15) is 5.56 Å². The number of para-hydroxylation sites is 2. The van der Waals surface area contributed by atoms with E-state index in [1.807, 2.05) is 48.5 Å². The number of hydrogen-bond donors (Lipinski definition) is 2. The average molecular weight is 361 g/mol. The third-order valence-corrected chi connectivity index (χ3v) is 4.87. The molecule has 4 rings (SSSR count). The maximum Gasteiger partial charge on any atom is 0.229 e. The van der Waals surface area contributed by atoms with Gasteiger partial charge in [0, 0.05) is 27.4 Å². The van der Waals surface area contributed by atoms with Gasteiger partial charge in [-0.1, -0.05) is 42.5 Å². The molecule has 0 unspecified atom stereocenters. The van der Waals surface area contributed by atoms with E-state index in [0.717, 1.165) is 33.6 Å². The lowest BCUT2D eigenvalue weighted by molar-refractivity contribution is 0.607. The summed E-state index contributed by atoms with van der Waals surface area (Å²) in [6, 6.07) is 21.0. The Kier molecular flexibility index (Phi) is 3.67. The minimum atomic E-state index is -3.48. The van der Waals surface area contributed by atoms with Crippen LogP contribution in [0.25, 0.3) is 32.9 Å². The van der Waals surface area contributed by atoms with Gasteiger partial charge in [0.15, 0.2) is 0 Å². The van der Waals surface area contributed by atoms with E-state index in [-0.39, 0.29) is 0 Å². The third kappa shape index (κ3) is 2.79. The molecule has 0 aliphatic rings. The smallest absolute Gasteiger partial charge is 0.229 e. The van der Waals surface area contributed by atoms with Crippen LogP contribution in [0.4, 0.5) is 5.69 Å². The summed E-state index contributed by atoms with van der Waals surface area (Å²) in [5.41, 5.74) is 4.30. The molecule has 2 N–H and O–H groups in total. The number of fused-ring (bicyclic) bond motifs is 3. The molecule has 0 aliphatic carbocycles. The number of H-pyrrole nitrogens is 1. The summed E-state index contributed by atoms with van der Waals surface area (Å²) in [7, 11) is -3.48. The molecule has 0 atom stereocenters. The summed E-state index contributed by atoms with van der Waals surface area (Å²) >= 11 is 0. The fourth-order valence-corrected chi connectivity index (χ4v) is 3.80. The maximum absolute atomic E-state index is 11.8. The summed E-state index contributed by atoms with van der Waals surface area (Å²) < 4.78 is 26.1. The Bertz CT molecular complexity index is 1300. The monoisotopic (exact) mass is 361 g/mol. The zero-order valence-corrected chi connectivity index (χ0v) is 14.8. The molecule has 0 saturated carbocycles. The van der Waals surface area contributed by atoms with Crippen molar-refractivity contribution >= 4 is 37.5 Å². The van der Waals surface area contributed by atoms with Crippen molar-refractivity contribution in [3.63, 3.8) is 0 Å². The second-order valence-corrected chi connectivity index (χ2v) is 7.89. The molecule has 1 aromatic heterocycles. The zero-order chi connectivity index (χ0) is 18.3. The van der Waals surface area contributed by atoms with Crippen LogP contribution >= 0.6 is 0 Å². The Balaban J connectivity index is 2.03. The van der Waals surface area contributed by atoms with Crippen molar-refractivity contribution in [2.45, 2.75) is 0 Å². The van der Waals surface area contributed by atoms with Crippen molar-refractivity contribution in [1.82, 2.24) is 4.98 Å². The lowest BCUT2D eigenvalue weighted by Crippen LogP contribution is -2.10. The first-order chi connectivity index (χ1) is 12.5. The van der Waals surface area contributed by atoms with E-state index in [0.29, 0.717) is 16.8 Å². The molecule has 0 fully saturated rings. The molecule has 3 aromatic carbocycles. The second kappa shape index (κ2) is 5.90. The van der Waals surface area contributed by atoms with Crippen LogP contribution in [0.15, 0.2) is 60.7 Å². The number of rotatable bonds is 3. The molecule has 4 aromatic rings. The first-order valence-electron chi connectivity index (χ1n) is 7.98. The lowest BCUT2D eigenvalue weighted by Gasteiger charge is -2.12. The third-order valence-electron chi connectivity index (χ3n) is 4.28. The van der Waals surface area contributed by atoms with Crippen LogP contribution in [0.5, 0.6) is 0 Å². The SMILES string of the molecule is CS(=O)(=O)Nc1cc(C#N)ccc1-c1cccc2c1[nH]c1ccccc12. The Morgan fingerprint density at radius 1 is 0.962 bits per heavy atom. The number of nitrogens with zero attached hydrogens (tertiary/aromatic N) is 1. The zero-order valence-electron chi connectivity index (χ0n) is 13.9. The normalized spacial score (nSPS) is 11.5. The summed E-state index contributed by atoms with van der Waals surface area (Å²) in [6.45, 7) is 0. The molecule has 0 bridgehead atoms. The van der Waals surface area contributed by atoms with Crippen LogP contribution in [0, 0.1) is 11.3 Å². The molecule has 0 spiro atoms. The van der Waals surface area contributed by atoms with E-state index in [2.05, 4.69) is 9.71 Å². The standard InChI is InChI=1S/C20H15N3O2S/c1-26(24,25)23-19-11-13(12-21)9-10-15(19)17-7-4-6-16-14-5-2-3-8-18(14)22-20(16)17/h2-11,22-23H,1H3. The van der Waals surface area contributed by atoms with Crippen molar-refractivity contribution in [2.24, 2.45) is 0 Å². The number of aromatic nitrogens is 1. The van der Waals surface area contributed by atoms with Gasteiger partial charge in [0.2, 0.25) is 10.0 Å². The van der Waals surface area contributed by atoms with Gasteiger partial charge in [-0.2, -0.15) is 5.26 Å². The molecule has 1 heterocycles. The summed E-state index contributed by atoms with van der Waals surface area (Å²) in [6.07, 6.45) is 1.10. The number of benzene rings is 3. The number of aromatic amines is 1. The quantitative estimate of drug-likeness (QED) is 0.572. The summed E-state index contributed by atoms with van der Waals surface area (Å²) in [5.74, 6) is 0. The minimum Gasteiger partial charge on any atom is -0.354 e. The fraction of sp³-hybridized carbons (Fsp3) is 0.0500. The fourth-order valence-electron chi connectivity index (χ4n) is 3.23. The second-order valence-electron chi connectivity index (χ2n) is 6.15. The topological polar surface area (TPSA) is 85.8 Å². The largest absolute Gasteiger partial charge is 0.354 e. The average Bonchev–Trinajstić information content (AvgIpc) is 2.99. The first-order valence-corrected chi connectivity index (χ1v) is 9.87. The van der Waals surface area contributed by atoms with Crippen molar-refractivity contribution < 1.29 is 8.42 Å². The summed E-state index contributed by atoms with van der Waals surface area (Å²) in [4.78, 5) is 3.42. The van der Waals surface area contributed by atoms with Crippen molar-refractivity contribution in [1.29, 1.82) is 5.26 Å². The lowest BCUT2D eigenvalue weighted by atomic mass is 9.99. The van der Waals surface area contributed by atoms with Crippen LogP contribution in [0.3, 0.4) is 0 Å². The number of anilines is 1. The molecular weight excluding hydrogens is 346 g/mol. The van der Waals surface area contributed by atoms with Crippen LogP contribution in [-0.4, -0.2) is 19.7 Å². The highest BCUT2D eigenvalue weighted by atomic mass is 32.2. The summed E-state index contributed by atoms with van der Waals surface area (Å²) in [5, 5.41) is 11.3. The highest BCUT2D eigenvalue weighted by Gasteiger charge is 2.15. The van der Waals surface area contributed by atoms with Gasteiger partial charge in [0.1, 0.15) is 0 Å². The highest BCUT2D eigenvalue weighted by Crippen LogP contribution is 2.37. The molecule has 0 radical (unpaired) electrons. The van der Waals surface area contributed by atoms with E-state index >= 15 is 0 Å². The Labute approximate surface area is 150 Å². The van der Waals surface area contributed by atoms with Gasteiger partial charge in [0.05, 0.1) is 29.1 Å². The Morgan fingerprint density at radius 3 is 2.50 bits per heavy atom. The highest BCUT2D eigenvalue weighted by molar-refractivity contribution is 7.92. The van der Waals surface area contributed by atoms with Gasteiger partial charge in [0.25, 0.3) is 0 Å². The van der Waals surface area contributed by atoms with Crippen molar-refractivity contribution in [2.75, 3.05) is 11.0 Å². The van der Waals surface area contributed by atoms with Gasteiger partial charge in [-0.15, -0.1) is 0 Å². The van der Waals surface area contributed by atoms with E-state index in [1.54, 1.807) is 18.2 Å². The molecule has 5 nitrogen and oxygen atoms in total. The number of hydrogen-bond acceptors (Lipinski definition) is 3. The van der Waals surface area contributed by atoms with Crippen LogP contribution < -0.4 is 4.72 Å². The molecule has 0 aliphatic heterocycles. The number of nitrogens with one attached hydrogen (secondary N) is 2. The van der Waals surface area contributed by atoms with Crippen molar-refractivity contribution in [3.8, 4) is 17.2 Å². The van der Waals surface area contributed by atoms with E-state index < -0.39 is 10.0 Å². The molecule has 0 saturated heterocycles. The van der Waals surface area contributed by atoms with Gasteiger partial charge in [-0.05, 0) is 18.2 Å². The Morgan fingerprint density at radius 2 is 1.73 bits per heavy atom. The molecular formula is C20H15N3O2S. The van der Waals surface area contributed by atoms with Gasteiger partial charge in [-0.25, -0.2) is 8.42 Å². The maximum atomic E-state index is 11.8. The number of sulfonamides is 1. The molecule has 128 valence electrons. The predicted octanol–water partition coefficient (Wildman–Crippen LogP) is 4.23. The predicted molar refractivity (Wildman–Crippen MR) is 104 cm³/mol. The van der Waals surface area contributed by atoms with E-state index in [1.165, 1.54) is 0 Å². The Hall–Kier alpha value is -3.30. The molecule has 26 heavy (non-hydrogen) atoms. The van der Waals surface area contributed by atoms with Gasteiger partial charge < -0.3 is 4.98 Å². The van der Waals surface area contributed by atoms with Crippen LogP contribution in [-0.2, 0) is 10.0 Å². The first kappa shape index (κ1) is 16.2. The van der Waals surface area contributed by atoms with Gasteiger partial charge in [-0.3, -0.25) is 4.72 Å². The van der Waals surface area contributed by atoms with Crippen LogP contribution in [0.2, 0.25) is 0 Å². The molecule has 6 heteroatoms. The van der Waals surface area contributed by atoms with E-state index in [9.17, 15) is 8.42 Å². The molecule has 0 amide bonds. The van der Waals surface area contributed by atoms with E-state index in [4.69, 9.17) is 5.26 Å².